The van der Waals surface area contributed by atoms with Gasteiger partial charge in [-0.25, -0.2) is 5.48 Å². The van der Waals surface area contributed by atoms with E-state index in [1.807, 2.05) is 6.92 Å². The third-order valence-corrected chi connectivity index (χ3v) is 1.43. The van der Waals surface area contributed by atoms with Crippen molar-refractivity contribution in [3.05, 3.63) is 17.5 Å². The number of aryl methyl sites for hydroxylation is 2. The molecule has 1 N–H and O–H groups in total. The molecule has 0 atom stereocenters. The number of hydrogen-bond donors (Lipinski definition) is 1. The highest BCUT2D eigenvalue weighted by molar-refractivity contribution is 5.91. The first-order chi connectivity index (χ1) is 5.65. The summed E-state index contributed by atoms with van der Waals surface area (Å²) in [5, 5.41) is 4.01. The largest absolute Gasteiger partial charge is 0.293 e. The van der Waals surface area contributed by atoms with Crippen molar-refractivity contribution in [3.8, 4) is 0 Å². The summed E-state index contributed by atoms with van der Waals surface area (Å²) in [6, 6.07) is 1.69. The van der Waals surface area contributed by atoms with E-state index in [0.717, 1.165) is 5.69 Å². The molecular formula is C7H11N3O2. The van der Waals surface area contributed by atoms with Gasteiger partial charge in [0.25, 0.3) is 5.91 Å². The van der Waals surface area contributed by atoms with Gasteiger partial charge in [-0.3, -0.25) is 14.3 Å². The van der Waals surface area contributed by atoms with Crippen molar-refractivity contribution < 1.29 is 9.63 Å². The number of carbonyl (C=O) groups is 1. The van der Waals surface area contributed by atoms with Gasteiger partial charge in [0.2, 0.25) is 0 Å². The van der Waals surface area contributed by atoms with Crippen LogP contribution in [0.5, 0.6) is 0 Å². The molecule has 0 bridgehead atoms. The summed E-state index contributed by atoms with van der Waals surface area (Å²) < 4.78 is 1.50. The van der Waals surface area contributed by atoms with Gasteiger partial charge < -0.3 is 0 Å². The van der Waals surface area contributed by atoms with Gasteiger partial charge in [0.1, 0.15) is 5.69 Å². The summed E-state index contributed by atoms with van der Waals surface area (Å²) in [6.07, 6.45) is 0. The Kier molecular flexibility index (Phi) is 2.44. The smallest absolute Gasteiger partial charge is 0.277 e. The van der Waals surface area contributed by atoms with Gasteiger partial charge in [-0.2, -0.15) is 5.10 Å². The van der Waals surface area contributed by atoms with Crippen molar-refractivity contribution in [3.63, 3.8) is 0 Å². The van der Waals surface area contributed by atoms with Gasteiger partial charge in [-0.05, 0) is 13.0 Å². The molecular weight excluding hydrogens is 158 g/mol. The number of amides is 1. The Morgan fingerprint density at radius 1 is 1.75 bits per heavy atom. The van der Waals surface area contributed by atoms with Crippen molar-refractivity contribution in [1.29, 1.82) is 0 Å². The van der Waals surface area contributed by atoms with Crippen LogP contribution in [0.25, 0.3) is 0 Å². The molecule has 1 aromatic heterocycles. The lowest BCUT2D eigenvalue weighted by atomic mass is 10.3. The van der Waals surface area contributed by atoms with E-state index in [4.69, 9.17) is 0 Å². The molecule has 0 saturated heterocycles. The van der Waals surface area contributed by atoms with Crippen LogP contribution in [0, 0.1) is 6.92 Å². The summed E-state index contributed by atoms with van der Waals surface area (Å²) in [6.45, 7) is 1.82. The monoisotopic (exact) mass is 169 g/mol. The summed E-state index contributed by atoms with van der Waals surface area (Å²) in [5.41, 5.74) is 3.50. The fraction of sp³-hybridized carbons (Fsp3) is 0.429. The standard InChI is InChI=1S/C7H11N3O2/c1-5-4-6(10(2)8-5)7(11)9-12-3/h4H,1-3H3,(H,9,11). The highest BCUT2D eigenvalue weighted by Gasteiger charge is 2.10. The van der Waals surface area contributed by atoms with Gasteiger partial charge in [-0.1, -0.05) is 0 Å². The van der Waals surface area contributed by atoms with Crippen LogP contribution in [0.3, 0.4) is 0 Å². The predicted molar refractivity (Wildman–Crippen MR) is 42.4 cm³/mol. The second-order valence-corrected chi connectivity index (χ2v) is 2.43. The molecule has 0 aliphatic heterocycles. The number of nitrogens with one attached hydrogen (secondary N) is 1. The van der Waals surface area contributed by atoms with Gasteiger partial charge >= 0.3 is 0 Å². The fourth-order valence-corrected chi connectivity index (χ4v) is 0.968. The average molecular weight is 169 g/mol. The van der Waals surface area contributed by atoms with Gasteiger partial charge in [-0.15, -0.1) is 0 Å². The molecule has 0 aliphatic rings. The molecule has 0 saturated carbocycles. The van der Waals surface area contributed by atoms with Crippen LogP contribution in [0.2, 0.25) is 0 Å². The van der Waals surface area contributed by atoms with E-state index < -0.39 is 0 Å². The maximum absolute atomic E-state index is 11.2. The summed E-state index contributed by atoms with van der Waals surface area (Å²) >= 11 is 0. The minimum Gasteiger partial charge on any atom is -0.277 e. The Morgan fingerprint density at radius 3 is 2.83 bits per heavy atom. The maximum atomic E-state index is 11.2. The second-order valence-electron chi connectivity index (χ2n) is 2.43. The number of aromatic nitrogens is 2. The molecule has 1 aromatic rings. The zero-order valence-electron chi connectivity index (χ0n) is 7.29. The van der Waals surface area contributed by atoms with Crippen molar-refractivity contribution in [2.24, 2.45) is 7.05 Å². The van der Waals surface area contributed by atoms with Crippen LogP contribution in [0.4, 0.5) is 0 Å². The third kappa shape index (κ3) is 1.62. The van der Waals surface area contributed by atoms with Gasteiger partial charge in [0.05, 0.1) is 12.8 Å². The van der Waals surface area contributed by atoms with Crippen LogP contribution in [0.1, 0.15) is 16.2 Å². The predicted octanol–water partition coefficient (Wildman–Crippen LogP) is 0.0197. The third-order valence-electron chi connectivity index (χ3n) is 1.43. The van der Waals surface area contributed by atoms with Crippen LogP contribution in [-0.2, 0) is 11.9 Å². The quantitative estimate of drug-likeness (QED) is 0.635. The summed E-state index contributed by atoms with van der Waals surface area (Å²) in [4.78, 5) is 15.7. The van der Waals surface area contributed by atoms with E-state index in [-0.39, 0.29) is 5.91 Å². The molecule has 5 heteroatoms. The Labute approximate surface area is 70.3 Å². The first kappa shape index (κ1) is 8.73. The van der Waals surface area contributed by atoms with Crippen LogP contribution in [0.15, 0.2) is 6.07 Å². The fourth-order valence-electron chi connectivity index (χ4n) is 0.968. The first-order valence-electron chi connectivity index (χ1n) is 3.49. The van der Waals surface area contributed by atoms with Gasteiger partial charge in [0, 0.05) is 7.05 Å². The Bertz CT molecular complexity index is 293. The van der Waals surface area contributed by atoms with E-state index in [9.17, 15) is 4.79 Å². The number of carbonyl (C=O) groups excluding carboxylic acids is 1. The molecule has 0 aliphatic carbocycles. The Morgan fingerprint density at radius 2 is 2.42 bits per heavy atom. The lowest BCUT2D eigenvalue weighted by molar-refractivity contribution is 0.0528. The van der Waals surface area contributed by atoms with Crippen molar-refractivity contribution >= 4 is 5.91 Å². The zero-order chi connectivity index (χ0) is 9.14. The van der Waals surface area contributed by atoms with Crippen LogP contribution in [-0.4, -0.2) is 22.8 Å². The molecule has 0 radical (unpaired) electrons. The van der Waals surface area contributed by atoms with Crippen molar-refractivity contribution in [1.82, 2.24) is 15.3 Å². The minimum absolute atomic E-state index is 0.291. The van der Waals surface area contributed by atoms with Gasteiger partial charge in [0.15, 0.2) is 0 Å². The zero-order valence-corrected chi connectivity index (χ0v) is 7.29. The van der Waals surface area contributed by atoms with Crippen molar-refractivity contribution in [2.75, 3.05) is 7.11 Å². The molecule has 5 nitrogen and oxygen atoms in total. The highest BCUT2D eigenvalue weighted by atomic mass is 16.6. The number of hydrogen-bond acceptors (Lipinski definition) is 3. The van der Waals surface area contributed by atoms with Crippen LogP contribution < -0.4 is 5.48 Å². The topological polar surface area (TPSA) is 56.1 Å². The van der Waals surface area contributed by atoms with E-state index in [2.05, 4.69) is 15.4 Å². The van der Waals surface area contributed by atoms with E-state index >= 15 is 0 Å². The molecule has 1 amide bonds. The number of rotatable bonds is 2. The molecule has 66 valence electrons. The Hall–Kier alpha value is -1.36. The maximum Gasteiger partial charge on any atom is 0.293 e. The number of nitrogens with zero attached hydrogens (tertiary/aromatic N) is 2. The molecule has 0 unspecified atom stereocenters. The Balaban J connectivity index is 2.87. The summed E-state index contributed by atoms with van der Waals surface area (Å²) in [5.74, 6) is -0.291. The van der Waals surface area contributed by atoms with E-state index in [1.165, 1.54) is 11.8 Å². The minimum atomic E-state index is -0.291. The first-order valence-corrected chi connectivity index (χ1v) is 3.49. The lowest BCUT2D eigenvalue weighted by Gasteiger charge is -2.00. The number of hydroxylamine groups is 1. The highest BCUT2D eigenvalue weighted by Crippen LogP contribution is 2.00. The van der Waals surface area contributed by atoms with Crippen LogP contribution >= 0.6 is 0 Å². The van der Waals surface area contributed by atoms with E-state index in [0.29, 0.717) is 5.69 Å². The molecule has 12 heavy (non-hydrogen) atoms. The molecule has 1 heterocycles. The SMILES string of the molecule is CONC(=O)c1cc(C)nn1C. The normalized spacial score (nSPS) is 9.92. The molecule has 0 fully saturated rings. The van der Waals surface area contributed by atoms with E-state index in [1.54, 1.807) is 13.1 Å². The molecule has 0 spiro atoms. The summed E-state index contributed by atoms with van der Waals surface area (Å²) in [7, 11) is 3.10. The average Bonchev–Trinajstić information content (AvgIpc) is 2.30. The van der Waals surface area contributed by atoms with Crippen molar-refractivity contribution in [2.45, 2.75) is 6.92 Å². The molecule has 1 rings (SSSR count). The second kappa shape index (κ2) is 3.36. The molecule has 0 aromatic carbocycles. The lowest BCUT2D eigenvalue weighted by Crippen LogP contribution is -2.24.